The van der Waals surface area contributed by atoms with Gasteiger partial charge in [0.1, 0.15) is 5.69 Å². The van der Waals surface area contributed by atoms with Gasteiger partial charge in [-0.3, -0.25) is 9.78 Å². The third-order valence-corrected chi connectivity index (χ3v) is 1.54. The predicted octanol–water partition coefficient (Wildman–Crippen LogP) is 3.34. The maximum absolute atomic E-state index is 11.4. The van der Waals surface area contributed by atoms with Gasteiger partial charge in [0.2, 0.25) is 0 Å². The highest BCUT2D eigenvalue weighted by atomic mass is 16.1. The van der Waals surface area contributed by atoms with E-state index in [2.05, 4.69) is 4.98 Å². The number of carbonyl (C=O) groups is 1. The normalized spacial score (nSPS) is 9.21. The molecule has 0 atom stereocenters. The largest absolute Gasteiger partial charge is 0.292 e. The van der Waals surface area contributed by atoms with Crippen LogP contribution in [0, 0.1) is 5.92 Å². The Kier molecular flexibility index (Phi) is 6.63. The first-order valence-corrected chi connectivity index (χ1v) is 5.14. The highest BCUT2D eigenvalue weighted by Gasteiger charge is 2.07. The molecule has 2 heteroatoms. The summed E-state index contributed by atoms with van der Waals surface area (Å²) < 4.78 is 0. The first-order chi connectivity index (χ1) is 6.70. The molecule has 14 heavy (non-hydrogen) atoms. The smallest absolute Gasteiger partial charge is 0.181 e. The van der Waals surface area contributed by atoms with Gasteiger partial charge in [-0.05, 0) is 18.1 Å². The summed E-state index contributed by atoms with van der Waals surface area (Å²) in [5, 5.41) is 0. The molecule has 0 aliphatic rings. The van der Waals surface area contributed by atoms with E-state index in [-0.39, 0.29) is 5.78 Å². The molecule has 0 saturated heterocycles. The Bertz CT molecular complexity index is 254. The standard InChI is InChI=1S/C10H13NO.C2H6/c1-8(2)7-10(12)9-5-3-4-6-11-9;1-2/h3-6,8H,7H2,1-2H3;1-2H3. The van der Waals surface area contributed by atoms with E-state index in [4.69, 9.17) is 0 Å². The average molecular weight is 193 g/mol. The number of nitrogens with zero attached hydrogens (tertiary/aromatic N) is 1. The van der Waals surface area contributed by atoms with Crippen LogP contribution in [0.15, 0.2) is 24.4 Å². The summed E-state index contributed by atoms with van der Waals surface area (Å²) in [4.78, 5) is 15.4. The van der Waals surface area contributed by atoms with Gasteiger partial charge >= 0.3 is 0 Å². The number of Topliss-reactive ketones (excluding diaryl/α,β-unsaturated/α-hetero) is 1. The van der Waals surface area contributed by atoms with E-state index in [1.807, 2.05) is 39.8 Å². The lowest BCUT2D eigenvalue weighted by Crippen LogP contribution is -2.04. The molecule has 1 rings (SSSR count). The Labute approximate surface area is 86.4 Å². The number of aromatic nitrogens is 1. The monoisotopic (exact) mass is 193 g/mol. The minimum Gasteiger partial charge on any atom is -0.292 e. The van der Waals surface area contributed by atoms with Crippen LogP contribution < -0.4 is 0 Å². The second-order valence-electron chi connectivity index (χ2n) is 3.24. The number of ketones is 1. The average Bonchev–Trinajstić information content (AvgIpc) is 2.21. The lowest BCUT2D eigenvalue weighted by molar-refractivity contribution is 0.0963. The Morgan fingerprint density at radius 3 is 2.43 bits per heavy atom. The van der Waals surface area contributed by atoms with Crippen LogP contribution in [0.1, 0.15) is 44.6 Å². The van der Waals surface area contributed by atoms with Gasteiger partial charge in [0.25, 0.3) is 0 Å². The summed E-state index contributed by atoms with van der Waals surface area (Å²) >= 11 is 0. The molecule has 0 aliphatic carbocycles. The van der Waals surface area contributed by atoms with Gasteiger partial charge in [0.05, 0.1) is 0 Å². The van der Waals surface area contributed by atoms with Gasteiger partial charge in [0, 0.05) is 12.6 Å². The Morgan fingerprint density at radius 2 is 2.00 bits per heavy atom. The van der Waals surface area contributed by atoms with Crippen LogP contribution in [0.25, 0.3) is 0 Å². The summed E-state index contributed by atoms with van der Waals surface area (Å²) in [6, 6.07) is 5.40. The van der Waals surface area contributed by atoms with Crippen molar-refractivity contribution in [1.29, 1.82) is 0 Å². The number of hydrogen-bond acceptors (Lipinski definition) is 2. The van der Waals surface area contributed by atoms with Gasteiger partial charge in [-0.25, -0.2) is 0 Å². The van der Waals surface area contributed by atoms with Crippen molar-refractivity contribution in [3.05, 3.63) is 30.1 Å². The number of rotatable bonds is 3. The number of hydrogen-bond donors (Lipinski definition) is 0. The number of carbonyl (C=O) groups excluding carboxylic acids is 1. The van der Waals surface area contributed by atoms with Crippen LogP contribution >= 0.6 is 0 Å². The Hall–Kier alpha value is -1.18. The van der Waals surface area contributed by atoms with Crippen LogP contribution in [0.5, 0.6) is 0 Å². The van der Waals surface area contributed by atoms with Crippen molar-refractivity contribution in [3.63, 3.8) is 0 Å². The number of pyridine rings is 1. The maximum Gasteiger partial charge on any atom is 0.181 e. The SMILES string of the molecule is CC.CC(C)CC(=O)c1ccccn1. The maximum atomic E-state index is 11.4. The molecule has 0 unspecified atom stereocenters. The first kappa shape index (κ1) is 12.8. The second kappa shape index (κ2) is 7.25. The summed E-state index contributed by atoms with van der Waals surface area (Å²) in [7, 11) is 0. The first-order valence-electron chi connectivity index (χ1n) is 5.14. The summed E-state index contributed by atoms with van der Waals surface area (Å²) in [6.07, 6.45) is 2.23. The lowest BCUT2D eigenvalue weighted by atomic mass is 10.1. The van der Waals surface area contributed by atoms with E-state index in [9.17, 15) is 4.79 Å². The van der Waals surface area contributed by atoms with Crippen molar-refractivity contribution in [2.45, 2.75) is 34.1 Å². The molecule has 0 N–H and O–H groups in total. The molecule has 0 saturated carbocycles. The van der Waals surface area contributed by atoms with Crippen molar-refractivity contribution in [1.82, 2.24) is 4.98 Å². The van der Waals surface area contributed by atoms with Gasteiger partial charge in [-0.2, -0.15) is 0 Å². The molecule has 78 valence electrons. The van der Waals surface area contributed by atoms with E-state index >= 15 is 0 Å². The van der Waals surface area contributed by atoms with Crippen molar-refractivity contribution >= 4 is 5.78 Å². The van der Waals surface area contributed by atoms with E-state index in [1.165, 1.54) is 0 Å². The van der Waals surface area contributed by atoms with Crippen LogP contribution in [-0.2, 0) is 0 Å². The van der Waals surface area contributed by atoms with Crippen LogP contribution in [0.4, 0.5) is 0 Å². The van der Waals surface area contributed by atoms with Crippen LogP contribution in [-0.4, -0.2) is 10.8 Å². The minimum absolute atomic E-state index is 0.130. The van der Waals surface area contributed by atoms with Gasteiger partial charge in [-0.15, -0.1) is 0 Å². The molecule has 1 aromatic rings. The van der Waals surface area contributed by atoms with E-state index in [0.717, 1.165) is 0 Å². The molecular formula is C12H19NO. The molecule has 0 bridgehead atoms. The second-order valence-corrected chi connectivity index (χ2v) is 3.24. The molecule has 1 heterocycles. The zero-order valence-corrected chi connectivity index (χ0v) is 9.45. The van der Waals surface area contributed by atoms with Gasteiger partial charge in [-0.1, -0.05) is 33.8 Å². The summed E-state index contributed by atoms with van der Waals surface area (Å²) in [5.74, 6) is 0.533. The van der Waals surface area contributed by atoms with Crippen LogP contribution in [0.3, 0.4) is 0 Å². The molecule has 1 aromatic heterocycles. The van der Waals surface area contributed by atoms with Crippen molar-refractivity contribution < 1.29 is 4.79 Å². The third-order valence-electron chi connectivity index (χ3n) is 1.54. The van der Waals surface area contributed by atoms with E-state index in [1.54, 1.807) is 12.3 Å². The fraction of sp³-hybridized carbons (Fsp3) is 0.500. The van der Waals surface area contributed by atoms with E-state index < -0.39 is 0 Å². The lowest BCUT2D eigenvalue weighted by Gasteiger charge is -2.01. The molecule has 2 nitrogen and oxygen atoms in total. The molecule has 0 spiro atoms. The van der Waals surface area contributed by atoms with Gasteiger partial charge < -0.3 is 0 Å². The predicted molar refractivity (Wildman–Crippen MR) is 59.4 cm³/mol. The molecule has 0 aromatic carbocycles. The molecule has 0 radical (unpaired) electrons. The van der Waals surface area contributed by atoms with Crippen molar-refractivity contribution in [2.75, 3.05) is 0 Å². The Morgan fingerprint density at radius 1 is 1.36 bits per heavy atom. The van der Waals surface area contributed by atoms with Gasteiger partial charge in [0.15, 0.2) is 5.78 Å². The molecular weight excluding hydrogens is 174 g/mol. The third kappa shape index (κ3) is 4.75. The highest BCUT2D eigenvalue weighted by molar-refractivity contribution is 5.94. The Balaban J connectivity index is 0.000000791. The topological polar surface area (TPSA) is 30.0 Å². The van der Waals surface area contributed by atoms with E-state index in [0.29, 0.717) is 18.0 Å². The van der Waals surface area contributed by atoms with Crippen molar-refractivity contribution in [2.24, 2.45) is 5.92 Å². The van der Waals surface area contributed by atoms with Crippen LogP contribution in [0.2, 0.25) is 0 Å². The minimum atomic E-state index is 0.130. The zero-order chi connectivity index (χ0) is 11.0. The fourth-order valence-electron chi connectivity index (χ4n) is 1.00. The van der Waals surface area contributed by atoms with Crippen molar-refractivity contribution in [3.8, 4) is 0 Å². The summed E-state index contributed by atoms with van der Waals surface area (Å²) in [6.45, 7) is 8.06. The zero-order valence-electron chi connectivity index (χ0n) is 9.45. The molecule has 0 amide bonds. The fourth-order valence-corrected chi connectivity index (χ4v) is 1.00. The highest BCUT2D eigenvalue weighted by Crippen LogP contribution is 2.05. The molecule has 0 aliphatic heterocycles. The summed E-state index contributed by atoms with van der Waals surface area (Å²) in [5.41, 5.74) is 0.575. The molecule has 0 fully saturated rings. The quantitative estimate of drug-likeness (QED) is 0.689.